The molecule has 10 heavy (non-hydrogen) atoms. The van der Waals surface area contributed by atoms with Crippen molar-refractivity contribution in [3.8, 4) is 0 Å². The van der Waals surface area contributed by atoms with Crippen LogP contribution in [0.5, 0.6) is 0 Å². The Labute approximate surface area is 68.8 Å². The van der Waals surface area contributed by atoms with Crippen LogP contribution in [0.3, 0.4) is 0 Å². The smallest absolute Gasteiger partial charge is 0.125 e. The van der Waals surface area contributed by atoms with Crippen LogP contribution in [-0.2, 0) is 0 Å². The van der Waals surface area contributed by atoms with Crippen molar-refractivity contribution in [3.63, 3.8) is 0 Å². The van der Waals surface area contributed by atoms with Crippen molar-refractivity contribution < 1.29 is 0 Å². The van der Waals surface area contributed by atoms with E-state index in [1.165, 1.54) is 5.56 Å². The SMILES string of the molecule is CNc1cc(C)c(Br)cn1. The Hall–Kier alpha value is -0.570. The zero-order valence-corrected chi connectivity index (χ0v) is 7.57. The summed E-state index contributed by atoms with van der Waals surface area (Å²) in [6, 6.07) is 1.99. The van der Waals surface area contributed by atoms with Crippen LogP contribution in [0.25, 0.3) is 0 Å². The fourth-order valence-electron chi connectivity index (χ4n) is 0.676. The number of hydrogen-bond donors (Lipinski definition) is 1. The molecule has 0 amide bonds. The molecular formula is C7H9BrN2. The molecule has 0 aromatic carbocycles. The molecule has 1 aromatic heterocycles. The van der Waals surface area contributed by atoms with Crippen LogP contribution >= 0.6 is 15.9 Å². The second kappa shape index (κ2) is 3.01. The van der Waals surface area contributed by atoms with E-state index in [4.69, 9.17) is 0 Å². The van der Waals surface area contributed by atoms with Crippen molar-refractivity contribution in [1.82, 2.24) is 4.98 Å². The van der Waals surface area contributed by atoms with Crippen molar-refractivity contribution in [3.05, 3.63) is 22.3 Å². The lowest BCUT2D eigenvalue weighted by Gasteiger charge is -2.00. The predicted octanol–water partition coefficient (Wildman–Crippen LogP) is 2.19. The van der Waals surface area contributed by atoms with Crippen molar-refractivity contribution in [2.24, 2.45) is 0 Å². The predicted molar refractivity (Wildman–Crippen MR) is 46.2 cm³/mol. The Morgan fingerprint density at radius 1 is 1.60 bits per heavy atom. The highest BCUT2D eigenvalue weighted by Crippen LogP contribution is 2.16. The summed E-state index contributed by atoms with van der Waals surface area (Å²) < 4.78 is 1.05. The lowest BCUT2D eigenvalue weighted by Crippen LogP contribution is -1.91. The first-order valence-corrected chi connectivity index (χ1v) is 3.83. The normalized spacial score (nSPS) is 9.50. The summed E-state index contributed by atoms with van der Waals surface area (Å²) >= 11 is 3.37. The molecule has 0 aliphatic rings. The van der Waals surface area contributed by atoms with Gasteiger partial charge in [0.25, 0.3) is 0 Å². The zero-order valence-electron chi connectivity index (χ0n) is 5.98. The molecule has 1 aromatic rings. The lowest BCUT2D eigenvalue weighted by molar-refractivity contribution is 1.24. The number of aryl methyl sites for hydroxylation is 1. The molecule has 1 N–H and O–H groups in total. The lowest BCUT2D eigenvalue weighted by atomic mass is 10.3. The van der Waals surface area contributed by atoms with Crippen LogP contribution in [0.4, 0.5) is 5.82 Å². The molecule has 0 aliphatic carbocycles. The van der Waals surface area contributed by atoms with Gasteiger partial charge < -0.3 is 5.32 Å². The monoisotopic (exact) mass is 200 g/mol. The number of hydrogen-bond acceptors (Lipinski definition) is 2. The molecule has 0 unspecified atom stereocenters. The molecule has 3 heteroatoms. The van der Waals surface area contributed by atoms with E-state index in [1.54, 1.807) is 6.20 Å². The first kappa shape index (κ1) is 7.54. The number of pyridine rings is 1. The molecule has 0 aliphatic heterocycles. The Morgan fingerprint density at radius 3 is 2.80 bits per heavy atom. The first-order valence-electron chi connectivity index (χ1n) is 3.04. The van der Waals surface area contributed by atoms with Crippen molar-refractivity contribution in [2.45, 2.75) is 6.92 Å². The van der Waals surface area contributed by atoms with E-state index in [0.29, 0.717) is 0 Å². The molecule has 1 heterocycles. The first-order chi connectivity index (χ1) is 4.74. The Balaban J connectivity index is 3.04. The highest BCUT2D eigenvalue weighted by molar-refractivity contribution is 9.10. The summed E-state index contributed by atoms with van der Waals surface area (Å²) in [7, 11) is 1.86. The molecule has 0 saturated heterocycles. The third kappa shape index (κ3) is 1.48. The summed E-state index contributed by atoms with van der Waals surface area (Å²) in [6.07, 6.45) is 1.79. The maximum absolute atomic E-state index is 4.10. The van der Waals surface area contributed by atoms with Crippen LogP contribution in [0, 0.1) is 6.92 Å². The van der Waals surface area contributed by atoms with Gasteiger partial charge in [0.1, 0.15) is 5.82 Å². The van der Waals surface area contributed by atoms with Crippen LogP contribution in [0.2, 0.25) is 0 Å². The Kier molecular flexibility index (Phi) is 2.27. The maximum atomic E-state index is 4.10. The van der Waals surface area contributed by atoms with Crippen LogP contribution in [0.15, 0.2) is 16.7 Å². The van der Waals surface area contributed by atoms with Gasteiger partial charge in [-0.25, -0.2) is 4.98 Å². The number of aromatic nitrogens is 1. The van der Waals surface area contributed by atoms with Gasteiger partial charge in [-0.1, -0.05) is 0 Å². The van der Waals surface area contributed by atoms with Crippen molar-refractivity contribution >= 4 is 21.7 Å². The van der Waals surface area contributed by atoms with E-state index in [9.17, 15) is 0 Å². The quantitative estimate of drug-likeness (QED) is 0.753. The van der Waals surface area contributed by atoms with Gasteiger partial charge in [0.05, 0.1) is 0 Å². The molecule has 0 saturated carbocycles. The molecule has 2 nitrogen and oxygen atoms in total. The van der Waals surface area contributed by atoms with Gasteiger partial charge in [-0.05, 0) is 34.5 Å². The van der Waals surface area contributed by atoms with Gasteiger partial charge in [-0.2, -0.15) is 0 Å². The topological polar surface area (TPSA) is 24.9 Å². The van der Waals surface area contributed by atoms with E-state index in [2.05, 4.69) is 26.2 Å². The van der Waals surface area contributed by atoms with Crippen molar-refractivity contribution in [1.29, 1.82) is 0 Å². The number of nitrogens with zero attached hydrogens (tertiary/aromatic N) is 1. The van der Waals surface area contributed by atoms with E-state index in [1.807, 2.05) is 20.0 Å². The third-order valence-corrected chi connectivity index (χ3v) is 2.13. The minimum atomic E-state index is 0.903. The summed E-state index contributed by atoms with van der Waals surface area (Å²) in [5.74, 6) is 0.903. The van der Waals surface area contributed by atoms with E-state index in [0.717, 1.165) is 10.3 Å². The number of rotatable bonds is 1. The number of anilines is 1. The fourth-order valence-corrected chi connectivity index (χ4v) is 0.893. The van der Waals surface area contributed by atoms with Crippen molar-refractivity contribution in [2.75, 3.05) is 12.4 Å². The molecule has 0 fully saturated rings. The van der Waals surface area contributed by atoms with Gasteiger partial charge in [0, 0.05) is 17.7 Å². The molecule has 1 rings (SSSR count). The zero-order chi connectivity index (χ0) is 7.56. The molecule has 0 spiro atoms. The molecule has 0 bridgehead atoms. The fraction of sp³-hybridized carbons (Fsp3) is 0.286. The van der Waals surface area contributed by atoms with Gasteiger partial charge >= 0.3 is 0 Å². The average molecular weight is 201 g/mol. The minimum absolute atomic E-state index is 0.903. The Bertz CT molecular complexity index is 235. The van der Waals surface area contributed by atoms with E-state index < -0.39 is 0 Å². The maximum Gasteiger partial charge on any atom is 0.125 e. The highest BCUT2D eigenvalue weighted by Gasteiger charge is 1.94. The Morgan fingerprint density at radius 2 is 2.30 bits per heavy atom. The van der Waals surface area contributed by atoms with Gasteiger partial charge in [0.2, 0.25) is 0 Å². The summed E-state index contributed by atoms with van der Waals surface area (Å²) in [4.78, 5) is 4.10. The molecule has 0 atom stereocenters. The average Bonchev–Trinajstić information content (AvgIpc) is 1.95. The minimum Gasteiger partial charge on any atom is -0.373 e. The van der Waals surface area contributed by atoms with E-state index in [-0.39, 0.29) is 0 Å². The standard InChI is InChI=1S/C7H9BrN2/c1-5-3-7(9-2)10-4-6(5)8/h3-4H,1-2H3,(H,9,10). The van der Waals surface area contributed by atoms with Gasteiger partial charge in [-0.3, -0.25) is 0 Å². The van der Waals surface area contributed by atoms with Gasteiger partial charge in [0.15, 0.2) is 0 Å². The number of nitrogens with one attached hydrogen (secondary N) is 1. The summed E-state index contributed by atoms with van der Waals surface area (Å²) in [5, 5.41) is 2.96. The molecule has 0 radical (unpaired) electrons. The number of halogens is 1. The van der Waals surface area contributed by atoms with Crippen LogP contribution < -0.4 is 5.32 Å². The third-order valence-electron chi connectivity index (χ3n) is 1.30. The summed E-state index contributed by atoms with van der Waals surface area (Å²) in [5.41, 5.74) is 1.19. The molecular weight excluding hydrogens is 192 g/mol. The molecule has 54 valence electrons. The van der Waals surface area contributed by atoms with Crippen LogP contribution in [0.1, 0.15) is 5.56 Å². The second-order valence-corrected chi connectivity index (χ2v) is 2.92. The largest absolute Gasteiger partial charge is 0.373 e. The van der Waals surface area contributed by atoms with Gasteiger partial charge in [-0.15, -0.1) is 0 Å². The van der Waals surface area contributed by atoms with E-state index >= 15 is 0 Å². The second-order valence-electron chi connectivity index (χ2n) is 2.07. The highest BCUT2D eigenvalue weighted by atomic mass is 79.9. The summed E-state index contributed by atoms with van der Waals surface area (Å²) in [6.45, 7) is 2.03. The van der Waals surface area contributed by atoms with Crippen LogP contribution in [-0.4, -0.2) is 12.0 Å².